The quantitative estimate of drug-likeness (QED) is 0.686. The van der Waals surface area contributed by atoms with Crippen molar-refractivity contribution in [1.29, 1.82) is 0 Å². The number of hydrogen-bond acceptors (Lipinski definition) is 0. The second-order valence-corrected chi connectivity index (χ2v) is 4.82. The Balaban J connectivity index is 2.33. The van der Waals surface area contributed by atoms with E-state index in [4.69, 9.17) is 0 Å². The number of quaternary nitrogens is 1. The van der Waals surface area contributed by atoms with Crippen LogP contribution >= 0.6 is 0 Å². The van der Waals surface area contributed by atoms with Crippen LogP contribution in [0.4, 0.5) is 0 Å². The lowest BCUT2D eigenvalue weighted by Crippen LogP contribution is -2.34. The first kappa shape index (κ1) is 10.5. The van der Waals surface area contributed by atoms with Crippen LogP contribution in [0.3, 0.4) is 0 Å². The van der Waals surface area contributed by atoms with Crippen LogP contribution in [0.15, 0.2) is 36.4 Å². The lowest BCUT2D eigenvalue weighted by Gasteiger charge is -2.25. The summed E-state index contributed by atoms with van der Waals surface area (Å²) >= 11 is 0. The molecule has 1 heterocycles. The van der Waals surface area contributed by atoms with Crippen molar-refractivity contribution >= 4 is 23.2 Å². The fraction of sp³-hybridized carbons (Fsp3) is 0.250. The van der Waals surface area contributed by atoms with E-state index >= 15 is 0 Å². The first-order valence-electron chi connectivity index (χ1n) is 6.37. The summed E-state index contributed by atoms with van der Waals surface area (Å²) in [5, 5.41) is 5.44. The standard InChI is InChI=1S/C16H18N/c1-3-17(4-2)11-15-9-13-7-5-6-8-14(13)10-16(15)12-17/h5-12H,3-4H2,1-2H3/q+1. The smallest absolute Gasteiger partial charge is 0.109 e. The first-order valence-corrected chi connectivity index (χ1v) is 6.37. The van der Waals surface area contributed by atoms with Gasteiger partial charge in [0.25, 0.3) is 0 Å². The Labute approximate surface area is 102 Å². The normalized spacial score (nSPS) is 16.4. The first-order chi connectivity index (χ1) is 8.26. The molecule has 1 aliphatic heterocycles. The van der Waals surface area contributed by atoms with Crippen LogP contribution in [0, 0.1) is 0 Å². The van der Waals surface area contributed by atoms with Gasteiger partial charge in [-0.3, -0.25) is 4.48 Å². The fourth-order valence-corrected chi connectivity index (χ4v) is 2.68. The molecule has 1 heteroatoms. The zero-order valence-electron chi connectivity index (χ0n) is 10.5. The van der Waals surface area contributed by atoms with E-state index in [-0.39, 0.29) is 0 Å². The van der Waals surface area contributed by atoms with E-state index in [0.717, 1.165) is 17.6 Å². The van der Waals surface area contributed by atoms with Crippen molar-refractivity contribution in [3.05, 3.63) is 46.8 Å². The van der Waals surface area contributed by atoms with E-state index in [1.165, 1.54) is 21.2 Å². The minimum Gasteiger partial charge on any atom is -0.270 e. The lowest BCUT2D eigenvalue weighted by atomic mass is 10.1. The van der Waals surface area contributed by atoms with Crippen LogP contribution in [0.5, 0.6) is 0 Å². The molecule has 1 aliphatic rings. The average Bonchev–Trinajstić information content (AvgIpc) is 2.74. The van der Waals surface area contributed by atoms with Crippen molar-refractivity contribution in [2.75, 3.05) is 13.1 Å². The predicted molar refractivity (Wildman–Crippen MR) is 73.5 cm³/mol. The van der Waals surface area contributed by atoms with Gasteiger partial charge in [0, 0.05) is 10.4 Å². The van der Waals surface area contributed by atoms with Gasteiger partial charge in [-0.15, -0.1) is 0 Å². The maximum atomic E-state index is 2.39. The highest BCUT2D eigenvalue weighted by atomic mass is 15.3. The molecule has 0 fully saturated rings. The maximum absolute atomic E-state index is 2.39. The van der Waals surface area contributed by atoms with Crippen molar-refractivity contribution in [2.24, 2.45) is 0 Å². The molecular weight excluding hydrogens is 206 g/mol. The topological polar surface area (TPSA) is 0 Å². The third-order valence-electron chi connectivity index (χ3n) is 3.92. The Hall–Kier alpha value is -1.60. The van der Waals surface area contributed by atoms with Gasteiger partial charge in [-0.25, -0.2) is 0 Å². The molecule has 0 aliphatic carbocycles. The van der Waals surface area contributed by atoms with Crippen LogP contribution < -0.4 is 10.4 Å². The molecule has 0 radical (unpaired) electrons. The molecule has 17 heavy (non-hydrogen) atoms. The molecule has 0 saturated carbocycles. The maximum Gasteiger partial charge on any atom is 0.109 e. The molecule has 3 rings (SSSR count). The Bertz CT molecular complexity index is 622. The fourth-order valence-electron chi connectivity index (χ4n) is 2.68. The van der Waals surface area contributed by atoms with Crippen LogP contribution in [0.1, 0.15) is 13.8 Å². The lowest BCUT2D eigenvalue weighted by molar-refractivity contribution is -0.765. The summed E-state index contributed by atoms with van der Waals surface area (Å²) in [5.41, 5.74) is 0. The van der Waals surface area contributed by atoms with Gasteiger partial charge in [0.1, 0.15) is 12.4 Å². The van der Waals surface area contributed by atoms with E-state index in [2.05, 4.69) is 62.6 Å². The Morgan fingerprint density at radius 1 is 0.824 bits per heavy atom. The monoisotopic (exact) mass is 224 g/mol. The van der Waals surface area contributed by atoms with Gasteiger partial charge in [-0.05, 0) is 36.8 Å². The molecular formula is C16H18N+. The van der Waals surface area contributed by atoms with Crippen molar-refractivity contribution < 1.29 is 4.48 Å². The SMILES string of the molecule is CC[N+]1(CC)C=c2cc3ccccc3cc2=C1. The summed E-state index contributed by atoms with van der Waals surface area (Å²) in [6.07, 6.45) is 4.78. The van der Waals surface area contributed by atoms with Crippen molar-refractivity contribution in [1.82, 2.24) is 0 Å². The highest BCUT2D eigenvalue weighted by Crippen LogP contribution is 2.14. The summed E-state index contributed by atoms with van der Waals surface area (Å²) in [7, 11) is 0. The molecule has 86 valence electrons. The highest BCUT2D eigenvalue weighted by Gasteiger charge is 2.21. The molecule has 0 saturated heterocycles. The number of rotatable bonds is 2. The Morgan fingerprint density at radius 3 is 1.71 bits per heavy atom. The number of hydrogen-bond donors (Lipinski definition) is 0. The Morgan fingerprint density at radius 2 is 1.29 bits per heavy atom. The zero-order valence-corrected chi connectivity index (χ0v) is 10.5. The molecule has 0 amide bonds. The molecule has 0 spiro atoms. The van der Waals surface area contributed by atoms with Crippen molar-refractivity contribution in [2.45, 2.75) is 13.8 Å². The van der Waals surface area contributed by atoms with Gasteiger partial charge in [0.05, 0.1) is 13.1 Å². The van der Waals surface area contributed by atoms with Crippen LogP contribution in [-0.2, 0) is 0 Å². The molecule has 0 unspecified atom stereocenters. The van der Waals surface area contributed by atoms with Gasteiger partial charge in [0.15, 0.2) is 0 Å². The van der Waals surface area contributed by atoms with E-state index < -0.39 is 0 Å². The van der Waals surface area contributed by atoms with Gasteiger partial charge in [-0.1, -0.05) is 24.3 Å². The predicted octanol–water partition coefficient (Wildman–Crippen LogP) is 2.19. The molecule has 2 aromatic rings. The minimum atomic E-state index is 0.978. The number of nitrogens with zero attached hydrogens (tertiary/aromatic N) is 1. The van der Waals surface area contributed by atoms with E-state index in [1.807, 2.05) is 0 Å². The highest BCUT2D eigenvalue weighted by molar-refractivity contribution is 5.82. The molecule has 0 bridgehead atoms. The summed E-state index contributed by atoms with van der Waals surface area (Å²) in [5.74, 6) is 0. The third kappa shape index (κ3) is 1.58. The largest absolute Gasteiger partial charge is 0.270 e. The molecule has 1 nitrogen and oxygen atoms in total. The van der Waals surface area contributed by atoms with Crippen molar-refractivity contribution in [3.63, 3.8) is 0 Å². The second kappa shape index (κ2) is 3.71. The molecule has 0 N–H and O–H groups in total. The van der Waals surface area contributed by atoms with Crippen molar-refractivity contribution in [3.8, 4) is 0 Å². The van der Waals surface area contributed by atoms with Crippen LogP contribution in [-0.4, -0.2) is 17.6 Å². The third-order valence-corrected chi connectivity index (χ3v) is 3.92. The van der Waals surface area contributed by atoms with Gasteiger partial charge < -0.3 is 0 Å². The van der Waals surface area contributed by atoms with Gasteiger partial charge in [-0.2, -0.15) is 0 Å². The Kier molecular flexibility index (Phi) is 2.30. The number of benzene rings is 2. The van der Waals surface area contributed by atoms with Gasteiger partial charge >= 0.3 is 0 Å². The minimum absolute atomic E-state index is 0.978. The summed E-state index contributed by atoms with van der Waals surface area (Å²) in [4.78, 5) is 0. The zero-order chi connectivity index (χ0) is 11.9. The van der Waals surface area contributed by atoms with E-state index in [0.29, 0.717) is 0 Å². The average molecular weight is 224 g/mol. The molecule has 0 aromatic heterocycles. The number of fused-ring (bicyclic) bond motifs is 2. The summed E-state index contributed by atoms with van der Waals surface area (Å²) in [6, 6.07) is 13.2. The molecule has 2 aromatic carbocycles. The van der Waals surface area contributed by atoms with E-state index in [9.17, 15) is 0 Å². The van der Waals surface area contributed by atoms with Gasteiger partial charge in [0.2, 0.25) is 0 Å². The van der Waals surface area contributed by atoms with Crippen LogP contribution in [0.2, 0.25) is 0 Å². The molecule has 0 atom stereocenters. The van der Waals surface area contributed by atoms with Crippen LogP contribution in [0.25, 0.3) is 23.2 Å². The summed E-state index contributed by atoms with van der Waals surface area (Å²) in [6.45, 7) is 6.76. The summed E-state index contributed by atoms with van der Waals surface area (Å²) < 4.78 is 0.978. The van der Waals surface area contributed by atoms with E-state index in [1.54, 1.807) is 0 Å². The second-order valence-electron chi connectivity index (χ2n) is 4.82.